The van der Waals surface area contributed by atoms with Gasteiger partial charge in [0.05, 0.1) is 11.4 Å². The minimum atomic E-state index is -0.286. The van der Waals surface area contributed by atoms with Crippen LogP contribution in [0.4, 0.5) is 16.2 Å². The number of aromatic nitrogens is 2. The largest absolute Gasteiger partial charge is 0.323 e. The fourth-order valence-corrected chi connectivity index (χ4v) is 3.02. The van der Waals surface area contributed by atoms with Crippen LogP contribution in [0.15, 0.2) is 73.1 Å². The molecule has 27 heavy (non-hydrogen) atoms. The third-order valence-corrected chi connectivity index (χ3v) is 4.44. The molecule has 2 N–H and O–H groups in total. The molecule has 2 aromatic heterocycles. The lowest BCUT2D eigenvalue weighted by Gasteiger charge is -2.11. The Labute approximate surface area is 157 Å². The normalized spacial score (nSPS) is 10.7. The van der Waals surface area contributed by atoms with E-state index in [0.717, 1.165) is 33.7 Å². The summed E-state index contributed by atoms with van der Waals surface area (Å²) in [7, 11) is 0. The van der Waals surface area contributed by atoms with E-state index in [2.05, 4.69) is 10.6 Å². The van der Waals surface area contributed by atoms with E-state index in [-0.39, 0.29) is 6.03 Å². The van der Waals surface area contributed by atoms with Crippen molar-refractivity contribution in [3.63, 3.8) is 0 Å². The molecule has 0 aliphatic rings. The second-order valence-electron chi connectivity index (χ2n) is 6.54. The molecule has 4 aromatic rings. The minimum Gasteiger partial charge on any atom is -0.308 e. The van der Waals surface area contributed by atoms with Gasteiger partial charge in [-0.1, -0.05) is 42.0 Å². The number of fused-ring (bicyclic) bond motifs is 1. The van der Waals surface area contributed by atoms with Gasteiger partial charge < -0.3 is 15.0 Å². The Morgan fingerprint density at radius 1 is 0.926 bits per heavy atom. The molecule has 0 atom stereocenters. The number of amides is 2. The van der Waals surface area contributed by atoms with Crippen molar-refractivity contribution in [2.24, 2.45) is 0 Å². The lowest BCUT2D eigenvalue weighted by atomic mass is 10.1. The van der Waals surface area contributed by atoms with Gasteiger partial charge in [-0.15, -0.1) is 0 Å². The highest BCUT2D eigenvalue weighted by Gasteiger charge is 2.12. The molecule has 0 aliphatic carbocycles. The van der Waals surface area contributed by atoms with E-state index in [4.69, 9.17) is 4.98 Å². The average Bonchev–Trinajstić information content (AvgIpc) is 3.09. The maximum atomic E-state index is 12.4. The Hall–Kier alpha value is -3.60. The van der Waals surface area contributed by atoms with Gasteiger partial charge >= 0.3 is 6.03 Å². The van der Waals surface area contributed by atoms with E-state index in [1.54, 1.807) is 0 Å². The topological polar surface area (TPSA) is 58.4 Å². The molecule has 0 fully saturated rings. The summed E-state index contributed by atoms with van der Waals surface area (Å²) >= 11 is 0. The van der Waals surface area contributed by atoms with E-state index in [1.807, 2.05) is 91.3 Å². The van der Waals surface area contributed by atoms with Crippen LogP contribution < -0.4 is 10.6 Å². The Morgan fingerprint density at radius 2 is 1.70 bits per heavy atom. The summed E-state index contributed by atoms with van der Waals surface area (Å²) in [5.74, 6) is 0. The van der Waals surface area contributed by atoms with Crippen molar-refractivity contribution < 1.29 is 4.79 Å². The first-order valence-corrected chi connectivity index (χ1v) is 8.78. The number of hydrogen-bond acceptors (Lipinski definition) is 2. The fourth-order valence-electron chi connectivity index (χ4n) is 3.02. The van der Waals surface area contributed by atoms with Crippen LogP contribution in [0.1, 0.15) is 11.1 Å². The fraction of sp³-hybridized carbons (Fsp3) is 0.0909. The van der Waals surface area contributed by atoms with E-state index in [1.165, 1.54) is 0 Å². The number of aryl methyl sites for hydroxylation is 2. The van der Waals surface area contributed by atoms with E-state index < -0.39 is 0 Å². The van der Waals surface area contributed by atoms with E-state index in [0.29, 0.717) is 5.69 Å². The number of urea groups is 1. The first kappa shape index (κ1) is 16.8. The summed E-state index contributed by atoms with van der Waals surface area (Å²) in [6.07, 6.45) is 3.94. The van der Waals surface area contributed by atoms with Gasteiger partial charge in [0.1, 0.15) is 5.65 Å². The highest BCUT2D eigenvalue weighted by molar-refractivity contribution is 6.02. The number of anilines is 2. The van der Waals surface area contributed by atoms with Gasteiger partial charge in [-0.3, -0.25) is 0 Å². The molecule has 2 heterocycles. The molecular formula is C22H20N4O. The predicted molar refractivity (Wildman–Crippen MR) is 109 cm³/mol. The summed E-state index contributed by atoms with van der Waals surface area (Å²) in [6.45, 7) is 4.04. The summed E-state index contributed by atoms with van der Waals surface area (Å²) in [5, 5.41) is 5.79. The second kappa shape index (κ2) is 6.96. The van der Waals surface area contributed by atoms with Crippen molar-refractivity contribution in [1.82, 2.24) is 9.38 Å². The van der Waals surface area contributed by atoms with Gasteiger partial charge in [0.15, 0.2) is 0 Å². The lowest BCUT2D eigenvalue weighted by Crippen LogP contribution is -2.19. The maximum Gasteiger partial charge on any atom is 0.323 e. The Bertz CT molecular complexity index is 1110. The predicted octanol–water partition coefficient (Wildman–Crippen LogP) is 5.26. The van der Waals surface area contributed by atoms with Gasteiger partial charge in [-0.25, -0.2) is 9.78 Å². The maximum absolute atomic E-state index is 12.4. The van der Waals surface area contributed by atoms with Gasteiger partial charge in [0, 0.05) is 23.6 Å². The summed E-state index contributed by atoms with van der Waals surface area (Å²) in [5.41, 5.74) is 6.31. The third kappa shape index (κ3) is 3.53. The molecule has 2 amide bonds. The molecule has 0 saturated heterocycles. The molecule has 0 radical (unpaired) electrons. The van der Waals surface area contributed by atoms with Gasteiger partial charge in [0.2, 0.25) is 0 Å². The molecule has 2 aromatic carbocycles. The number of carbonyl (C=O) groups excluding carboxylic acids is 1. The number of pyridine rings is 1. The zero-order chi connectivity index (χ0) is 18.8. The molecule has 0 aliphatic heterocycles. The van der Waals surface area contributed by atoms with Crippen LogP contribution >= 0.6 is 0 Å². The van der Waals surface area contributed by atoms with Crippen LogP contribution in [0, 0.1) is 13.8 Å². The molecule has 0 bridgehead atoms. The monoisotopic (exact) mass is 356 g/mol. The third-order valence-electron chi connectivity index (χ3n) is 4.44. The van der Waals surface area contributed by atoms with Crippen molar-refractivity contribution >= 4 is 23.1 Å². The van der Waals surface area contributed by atoms with Crippen LogP contribution in [0.3, 0.4) is 0 Å². The number of rotatable bonds is 3. The van der Waals surface area contributed by atoms with Crippen LogP contribution in [0.2, 0.25) is 0 Å². The molecule has 0 spiro atoms. The standard InChI is InChI=1S/C22H20N4O/c1-15-9-11-17(12-10-15)23-22(27)25-19-8-4-3-7-18(19)20-14-26-13-5-6-16(2)21(26)24-20/h3-14H,1-2H3,(H2,23,25,27). The molecule has 5 nitrogen and oxygen atoms in total. The number of nitrogens with one attached hydrogen (secondary N) is 2. The highest BCUT2D eigenvalue weighted by atomic mass is 16.2. The number of nitrogens with zero attached hydrogens (tertiary/aromatic N) is 2. The zero-order valence-electron chi connectivity index (χ0n) is 15.2. The second-order valence-corrected chi connectivity index (χ2v) is 6.54. The molecule has 0 unspecified atom stereocenters. The van der Waals surface area contributed by atoms with E-state index in [9.17, 15) is 4.79 Å². The average molecular weight is 356 g/mol. The van der Waals surface area contributed by atoms with Gasteiger partial charge in [0.25, 0.3) is 0 Å². The van der Waals surface area contributed by atoms with Crippen molar-refractivity contribution in [3.05, 3.63) is 84.2 Å². The molecule has 0 saturated carbocycles. The van der Waals surface area contributed by atoms with Crippen LogP contribution in [0.25, 0.3) is 16.9 Å². The van der Waals surface area contributed by atoms with E-state index >= 15 is 0 Å². The SMILES string of the molecule is Cc1ccc(NC(=O)Nc2ccccc2-c2cn3cccc(C)c3n2)cc1. The highest BCUT2D eigenvalue weighted by Crippen LogP contribution is 2.28. The number of benzene rings is 2. The van der Waals surface area contributed by atoms with Crippen LogP contribution in [-0.4, -0.2) is 15.4 Å². The molecular weight excluding hydrogens is 336 g/mol. The number of para-hydroxylation sites is 1. The number of hydrogen-bond donors (Lipinski definition) is 2. The van der Waals surface area contributed by atoms with Crippen molar-refractivity contribution in [2.75, 3.05) is 10.6 Å². The summed E-state index contributed by atoms with van der Waals surface area (Å²) < 4.78 is 1.99. The summed E-state index contributed by atoms with van der Waals surface area (Å²) in [4.78, 5) is 17.2. The quantitative estimate of drug-likeness (QED) is 0.526. The lowest BCUT2D eigenvalue weighted by molar-refractivity contribution is 0.262. The van der Waals surface area contributed by atoms with Crippen molar-refractivity contribution in [1.29, 1.82) is 0 Å². The molecule has 134 valence electrons. The number of imidazole rings is 1. The summed E-state index contributed by atoms with van der Waals surface area (Å²) in [6, 6.07) is 19.1. The molecule has 4 rings (SSSR count). The first-order chi connectivity index (χ1) is 13.1. The van der Waals surface area contributed by atoms with Gasteiger partial charge in [-0.05, 0) is 43.7 Å². The first-order valence-electron chi connectivity index (χ1n) is 8.78. The smallest absolute Gasteiger partial charge is 0.308 e. The minimum absolute atomic E-state index is 0.286. The Balaban J connectivity index is 1.61. The van der Waals surface area contributed by atoms with Crippen molar-refractivity contribution in [3.8, 4) is 11.3 Å². The van der Waals surface area contributed by atoms with Crippen LogP contribution in [-0.2, 0) is 0 Å². The molecule has 5 heteroatoms. The van der Waals surface area contributed by atoms with Crippen LogP contribution in [0.5, 0.6) is 0 Å². The van der Waals surface area contributed by atoms with Gasteiger partial charge in [-0.2, -0.15) is 0 Å². The zero-order valence-corrected chi connectivity index (χ0v) is 15.2. The van der Waals surface area contributed by atoms with Crippen molar-refractivity contribution in [2.45, 2.75) is 13.8 Å². The number of carbonyl (C=O) groups is 1. The Kier molecular flexibility index (Phi) is 4.34. The Morgan fingerprint density at radius 3 is 2.48 bits per heavy atom.